The molecule has 1 aliphatic rings. The minimum atomic E-state index is 0.568. The Bertz CT molecular complexity index is 519. The molecule has 0 bridgehead atoms. The number of hydrogen-bond acceptors (Lipinski definition) is 5. The normalized spacial score (nSPS) is 19.2. The molecule has 100 valence electrons. The Hall–Kier alpha value is -1.72. The Morgan fingerprint density at radius 3 is 2.95 bits per heavy atom. The van der Waals surface area contributed by atoms with Gasteiger partial charge in [0, 0.05) is 18.2 Å². The molecule has 2 heterocycles. The standard InChI is InChI=1S/C14H18N4O/c1-18(12-7-8-15-9-12)10-13-16-14(19-17-13)11-5-3-2-4-6-11/h2-6,12,15H,7-10H2,1H3. The quantitative estimate of drug-likeness (QED) is 0.901. The van der Waals surface area contributed by atoms with Crippen molar-refractivity contribution in [1.82, 2.24) is 20.4 Å². The van der Waals surface area contributed by atoms with Crippen molar-refractivity contribution in [2.75, 3.05) is 20.1 Å². The lowest BCUT2D eigenvalue weighted by Gasteiger charge is -2.21. The highest BCUT2D eigenvalue weighted by Crippen LogP contribution is 2.17. The van der Waals surface area contributed by atoms with E-state index in [2.05, 4.69) is 27.4 Å². The first kappa shape index (κ1) is 12.3. The first-order chi connectivity index (χ1) is 9.33. The molecule has 1 aliphatic heterocycles. The minimum Gasteiger partial charge on any atom is -0.334 e. The van der Waals surface area contributed by atoms with Gasteiger partial charge in [-0.05, 0) is 32.1 Å². The molecule has 1 N–H and O–H groups in total. The Balaban J connectivity index is 1.68. The van der Waals surface area contributed by atoms with E-state index in [1.54, 1.807) is 0 Å². The Kier molecular flexibility index (Phi) is 3.57. The third-order valence-corrected chi connectivity index (χ3v) is 3.54. The van der Waals surface area contributed by atoms with Crippen LogP contribution < -0.4 is 5.32 Å². The average Bonchev–Trinajstić information content (AvgIpc) is 3.11. The van der Waals surface area contributed by atoms with Crippen molar-refractivity contribution < 1.29 is 4.52 Å². The first-order valence-corrected chi connectivity index (χ1v) is 6.62. The molecular weight excluding hydrogens is 240 g/mol. The molecule has 1 saturated heterocycles. The van der Waals surface area contributed by atoms with Gasteiger partial charge in [0.15, 0.2) is 5.82 Å². The zero-order chi connectivity index (χ0) is 13.1. The average molecular weight is 258 g/mol. The topological polar surface area (TPSA) is 54.2 Å². The van der Waals surface area contributed by atoms with Crippen LogP contribution >= 0.6 is 0 Å². The highest BCUT2D eigenvalue weighted by Gasteiger charge is 2.20. The predicted molar refractivity (Wildman–Crippen MR) is 72.5 cm³/mol. The maximum absolute atomic E-state index is 5.31. The van der Waals surface area contributed by atoms with E-state index in [0.29, 0.717) is 11.9 Å². The van der Waals surface area contributed by atoms with E-state index in [4.69, 9.17) is 4.52 Å². The largest absolute Gasteiger partial charge is 0.334 e. The van der Waals surface area contributed by atoms with Crippen molar-refractivity contribution in [3.63, 3.8) is 0 Å². The van der Waals surface area contributed by atoms with E-state index in [-0.39, 0.29) is 0 Å². The molecule has 0 aliphatic carbocycles. The summed E-state index contributed by atoms with van der Waals surface area (Å²) in [5.41, 5.74) is 0.964. The molecule has 19 heavy (non-hydrogen) atoms. The zero-order valence-corrected chi connectivity index (χ0v) is 11.0. The smallest absolute Gasteiger partial charge is 0.257 e. The Morgan fingerprint density at radius 2 is 2.21 bits per heavy atom. The number of aromatic nitrogens is 2. The van der Waals surface area contributed by atoms with E-state index in [9.17, 15) is 0 Å². The summed E-state index contributed by atoms with van der Waals surface area (Å²) in [6.45, 7) is 2.86. The van der Waals surface area contributed by atoms with E-state index < -0.39 is 0 Å². The lowest BCUT2D eigenvalue weighted by atomic mass is 10.2. The highest BCUT2D eigenvalue weighted by atomic mass is 16.5. The summed E-state index contributed by atoms with van der Waals surface area (Å²) in [5, 5.41) is 7.42. The molecule has 5 heteroatoms. The van der Waals surface area contributed by atoms with Gasteiger partial charge >= 0.3 is 0 Å². The van der Waals surface area contributed by atoms with Crippen LogP contribution in [0.3, 0.4) is 0 Å². The maximum Gasteiger partial charge on any atom is 0.257 e. The number of nitrogens with zero attached hydrogens (tertiary/aromatic N) is 3. The van der Waals surface area contributed by atoms with Crippen LogP contribution in [0.5, 0.6) is 0 Å². The van der Waals surface area contributed by atoms with Gasteiger partial charge in [-0.15, -0.1) is 0 Å². The van der Waals surface area contributed by atoms with Crippen LogP contribution in [0.15, 0.2) is 34.9 Å². The Morgan fingerprint density at radius 1 is 1.37 bits per heavy atom. The van der Waals surface area contributed by atoms with Crippen molar-refractivity contribution in [2.45, 2.75) is 19.0 Å². The summed E-state index contributed by atoms with van der Waals surface area (Å²) < 4.78 is 5.31. The second kappa shape index (κ2) is 5.50. The zero-order valence-electron chi connectivity index (χ0n) is 11.0. The van der Waals surface area contributed by atoms with Crippen LogP contribution in [0.4, 0.5) is 0 Å². The number of benzene rings is 1. The molecule has 2 aromatic rings. The molecule has 1 aromatic carbocycles. The van der Waals surface area contributed by atoms with Gasteiger partial charge < -0.3 is 9.84 Å². The van der Waals surface area contributed by atoms with E-state index >= 15 is 0 Å². The van der Waals surface area contributed by atoms with Crippen LogP contribution in [0, 0.1) is 0 Å². The fraction of sp³-hybridized carbons (Fsp3) is 0.429. The molecule has 0 saturated carbocycles. The van der Waals surface area contributed by atoms with Gasteiger partial charge in [-0.3, -0.25) is 4.90 Å². The molecule has 5 nitrogen and oxygen atoms in total. The van der Waals surface area contributed by atoms with Crippen LogP contribution in [0.1, 0.15) is 12.2 Å². The SMILES string of the molecule is CN(Cc1noc(-c2ccccc2)n1)C1CCNC1. The van der Waals surface area contributed by atoms with Crippen molar-refractivity contribution in [3.8, 4) is 11.5 Å². The van der Waals surface area contributed by atoms with Gasteiger partial charge in [-0.1, -0.05) is 23.4 Å². The molecule has 1 aromatic heterocycles. The van der Waals surface area contributed by atoms with Gasteiger partial charge in [0.1, 0.15) is 0 Å². The predicted octanol–water partition coefficient (Wildman–Crippen LogP) is 1.53. The second-order valence-electron chi connectivity index (χ2n) is 4.94. The number of hydrogen-bond donors (Lipinski definition) is 1. The summed E-state index contributed by atoms with van der Waals surface area (Å²) >= 11 is 0. The summed E-state index contributed by atoms with van der Waals surface area (Å²) in [6.07, 6.45) is 1.18. The number of rotatable bonds is 4. The summed E-state index contributed by atoms with van der Waals surface area (Å²) in [5.74, 6) is 1.34. The third-order valence-electron chi connectivity index (χ3n) is 3.54. The van der Waals surface area contributed by atoms with Crippen molar-refractivity contribution in [2.24, 2.45) is 0 Å². The molecule has 1 unspecified atom stereocenters. The first-order valence-electron chi connectivity index (χ1n) is 6.62. The van der Waals surface area contributed by atoms with Gasteiger partial charge in [0.05, 0.1) is 6.54 Å². The number of nitrogens with one attached hydrogen (secondary N) is 1. The fourth-order valence-corrected chi connectivity index (χ4v) is 2.38. The molecule has 0 spiro atoms. The van der Waals surface area contributed by atoms with Gasteiger partial charge in [-0.25, -0.2) is 0 Å². The van der Waals surface area contributed by atoms with Crippen molar-refractivity contribution in [1.29, 1.82) is 0 Å². The molecular formula is C14H18N4O. The van der Waals surface area contributed by atoms with E-state index in [0.717, 1.165) is 31.0 Å². The van der Waals surface area contributed by atoms with Crippen LogP contribution in [-0.2, 0) is 6.54 Å². The third kappa shape index (κ3) is 2.83. The van der Waals surface area contributed by atoms with Gasteiger partial charge in [0.25, 0.3) is 5.89 Å². The monoisotopic (exact) mass is 258 g/mol. The minimum absolute atomic E-state index is 0.568. The van der Waals surface area contributed by atoms with Crippen LogP contribution in [0.2, 0.25) is 0 Å². The molecule has 0 radical (unpaired) electrons. The Labute approximate surface area is 112 Å². The van der Waals surface area contributed by atoms with Crippen molar-refractivity contribution in [3.05, 3.63) is 36.2 Å². The molecule has 3 rings (SSSR count). The number of likely N-dealkylation sites (N-methyl/N-ethyl adjacent to an activating group) is 1. The maximum atomic E-state index is 5.31. The van der Waals surface area contributed by atoms with E-state index in [1.807, 2.05) is 30.3 Å². The summed E-state index contributed by atoms with van der Waals surface area (Å²) in [4.78, 5) is 6.73. The van der Waals surface area contributed by atoms with Crippen LogP contribution in [-0.4, -0.2) is 41.2 Å². The lowest BCUT2D eigenvalue weighted by molar-refractivity contribution is 0.239. The summed E-state index contributed by atoms with van der Waals surface area (Å²) in [7, 11) is 2.11. The molecule has 0 amide bonds. The molecule has 1 fully saturated rings. The van der Waals surface area contributed by atoms with Crippen LogP contribution in [0.25, 0.3) is 11.5 Å². The highest BCUT2D eigenvalue weighted by molar-refractivity contribution is 5.51. The van der Waals surface area contributed by atoms with E-state index in [1.165, 1.54) is 6.42 Å². The lowest BCUT2D eigenvalue weighted by Crippen LogP contribution is -2.33. The molecule has 1 atom stereocenters. The van der Waals surface area contributed by atoms with Crippen molar-refractivity contribution >= 4 is 0 Å². The summed E-state index contributed by atoms with van der Waals surface area (Å²) in [6, 6.07) is 10.4. The fourth-order valence-electron chi connectivity index (χ4n) is 2.38. The van der Waals surface area contributed by atoms with Gasteiger partial charge in [-0.2, -0.15) is 4.98 Å². The van der Waals surface area contributed by atoms with Gasteiger partial charge in [0.2, 0.25) is 0 Å². The second-order valence-corrected chi connectivity index (χ2v) is 4.94.